The Morgan fingerprint density at radius 1 is 1.00 bits per heavy atom. The second-order valence-corrected chi connectivity index (χ2v) is 3.62. The van der Waals surface area contributed by atoms with Crippen LogP contribution in [0.3, 0.4) is 0 Å². The summed E-state index contributed by atoms with van der Waals surface area (Å²) in [6.45, 7) is 0. The predicted octanol–water partition coefficient (Wildman–Crippen LogP) is -0.0517. The van der Waals surface area contributed by atoms with Crippen LogP contribution in [0.25, 0.3) is 0 Å². The zero-order chi connectivity index (χ0) is 13.5. The van der Waals surface area contributed by atoms with E-state index in [1.54, 1.807) is 0 Å². The number of carboxylic acids is 1. The topological polar surface area (TPSA) is 116 Å². The van der Waals surface area contributed by atoms with E-state index >= 15 is 0 Å². The molecule has 1 saturated heterocycles. The van der Waals surface area contributed by atoms with Crippen LogP contribution in [0.5, 0.6) is 0 Å². The maximum atomic E-state index is 11.2. The first-order chi connectivity index (χ1) is 8.49. The van der Waals surface area contributed by atoms with Crippen LogP contribution in [-0.4, -0.2) is 35.1 Å². The Balaban J connectivity index is 2.63. The van der Waals surface area contributed by atoms with Gasteiger partial charge in [-0.3, -0.25) is 4.79 Å². The minimum Gasteiger partial charge on any atom is -0.479 e. The zero-order valence-corrected chi connectivity index (χ0v) is 9.42. The van der Waals surface area contributed by atoms with Crippen LogP contribution < -0.4 is 0 Å². The van der Waals surface area contributed by atoms with Gasteiger partial charge in [0.15, 0.2) is 6.10 Å². The fourth-order valence-corrected chi connectivity index (χ4v) is 1.26. The zero-order valence-electron chi connectivity index (χ0n) is 9.42. The molecule has 8 heteroatoms. The van der Waals surface area contributed by atoms with Crippen LogP contribution in [0, 0.1) is 0 Å². The van der Waals surface area contributed by atoms with Gasteiger partial charge in [0.2, 0.25) is 0 Å². The second-order valence-electron chi connectivity index (χ2n) is 3.62. The van der Waals surface area contributed by atoms with Crippen molar-refractivity contribution in [1.29, 1.82) is 0 Å². The number of carboxylic acid groups (broad SMARTS) is 1. The van der Waals surface area contributed by atoms with Gasteiger partial charge in [0, 0.05) is 0 Å². The third-order valence-electron chi connectivity index (χ3n) is 2.16. The van der Waals surface area contributed by atoms with E-state index in [9.17, 15) is 19.2 Å². The number of aliphatic carboxylic acids is 1. The van der Waals surface area contributed by atoms with Gasteiger partial charge in [0.1, 0.15) is 0 Å². The average molecular weight is 260 g/mol. The molecule has 1 unspecified atom stereocenters. The van der Waals surface area contributed by atoms with E-state index in [1.807, 2.05) is 0 Å². The van der Waals surface area contributed by atoms with Gasteiger partial charge >= 0.3 is 23.9 Å². The van der Waals surface area contributed by atoms with E-state index in [2.05, 4.69) is 14.5 Å². The van der Waals surface area contributed by atoms with Crippen LogP contribution >= 0.6 is 0 Å². The third kappa shape index (κ3) is 4.81. The third-order valence-corrected chi connectivity index (χ3v) is 2.16. The number of ether oxygens (including phenoxy) is 1. The van der Waals surface area contributed by atoms with Crippen molar-refractivity contribution in [2.24, 2.45) is 0 Å². The Labute approximate surface area is 102 Å². The Morgan fingerprint density at radius 2 is 1.56 bits per heavy atom. The first-order valence-corrected chi connectivity index (χ1v) is 5.31. The predicted molar refractivity (Wildman–Crippen MR) is 52.8 cm³/mol. The molecule has 0 aliphatic carbocycles. The molecule has 0 amide bonds. The van der Waals surface area contributed by atoms with E-state index in [4.69, 9.17) is 5.11 Å². The van der Waals surface area contributed by atoms with Crippen molar-refractivity contribution in [3.63, 3.8) is 0 Å². The molecule has 1 fully saturated rings. The molecule has 1 heterocycles. The van der Waals surface area contributed by atoms with Crippen molar-refractivity contribution in [2.75, 3.05) is 0 Å². The number of carbonyl (C=O) groups is 4. The number of rotatable bonds is 1. The van der Waals surface area contributed by atoms with Gasteiger partial charge in [0.25, 0.3) is 0 Å². The lowest BCUT2D eigenvalue weighted by Crippen LogP contribution is -2.28. The highest BCUT2D eigenvalue weighted by Gasteiger charge is 2.24. The number of esters is 1. The minimum absolute atomic E-state index is 0.00980. The Kier molecular flexibility index (Phi) is 5.09. The first-order valence-electron chi connectivity index (χ1n) is 5.31. The Bertz CT molecular complexity index is 361. The fraction of sp³-hybridized carbons (Fsp3) is 0.600. The van der Waals surface area contributed by atoms with E-state index in [0.29, 0.717) is 0 Å². The van der Waals surface area contributed by atoms with Crippen LogP contribution in [0.2, 0.25) is 0 Å². The Morgan fingerprint density at radius 3 is 2.17 bits per heavy atom. The number of hydrogen-bond acceptors (Lipinski definition) is 7. The fourth-order valence-electron chi connectivity index (χ4n) is 1.26. The van der Waals surface area contributed by atoms with E-state index in [0.717, 1.165) is 0 Å². The van der Waals surface area contributed by atoms with Gasteiger partial charge in [-0.25, -0.2) is 24.2 Å². The number of cyclic esters (lactones) is 1. The van der Waals surface area contributed by atoms with E-state index in [-0.39, 0.29) is 32.1 Å². The van der Waals surface area contributed by atoms with Crippen LogP contribution in [-0.2, 0) is 33.7 Å². The summed E-state index contributed by atoms with van der Waals surface area (Å²) in [5.41, 5.74) is 0. The summed E-state index contributed by atoms with van der Waals surface area (Å²) in [6, 6.07) is 0. The molecule has 1 rings (SSSR count). The van der Waals surface area contributed by atoms with Crippen LogP contribution in [0.4, 0.5) is 0 Å². The van der Waals surface area contributed by atoms with E-state index < -0.39 is 30.0 Å². The highest BCUT2D eigenvalue weighted by Crippen LogP contribution is 2.10. The molecule has 0 aromatic rings. The molecular weight excluding hydrogens is 248 g/mol. The molecule has 0 radical (unpaired) electrons. The van der Waals surface area contributed by atoms with Gasteiger partial charge in [-0.2, -0.15) is 0 Å². The highest BCUT2D eigenvalue weighted by atomic mass is 17.2. The standard InChI is InChI=1S/C10H12O8/c11-7-4-5-9(13)18-17-8(12)3-1-2-6(16-7)10(14)15/h6H,1-5H2,(H,14,15). The van der Waals surface area contributed by atoms with Crippen molar-refractivity contribution < 1.29 is 38.8 Å². The summed E-state index contributed by atoms with van der Waals surface area (Å²) in [5, 5.41) is 8.79. The van der Waals surface area contributed by atoms with Gasteiger partial charge in [-0.1, -0.05) is 0 Å². The summed E-state index contributed by atoms with van der Waals surface area (Å²) in [4.78, 5) is 52.3. The highest BCUT2D eigenvalue weighted by molar-refractivity contribution is 5.81. The van der Waals surface area contributed by atoms with Crippen molar-refractivity contribution in [3.05, 3.63) is 0 Å². The smallest absolute Gasteiger partial charge is 0.356 e. The van der Waals surface area contributed by atoms with Crippen LogP contribution in [0.15, 0.2) is 0 Å². The van der Waals surface area contributed by atoms with Crippen molar-refractivity contribution >= 4 is 23.9 Å². The lowest BCUT2D eigenvalue weighted by molar-refractivity contribution is -0.259. The summed E-state index contributed by atoms with van der Waals surface area (Å²) in [5.74, 6) is -3.78. The largest absolute Gasteiger partial charge is 0.479 e. The molecular formula is C10H12O8. The molecule has 1 aliphatic rings. The maximum Gasteiger partial charge on any atom is 0.356 e. The SMILES string of the molecule is O=C1CCCC(C(=O)O)OC(=O)CCC(=O)OO1. The molecule has 0 bridgehead atoms. The van der Waals surface area contributed by atoms with Crippen molar-refractivity contribution in [1.82, 2.24) is 0 Å². The van der Waals surface area contributed by atoms with E-state index in [1.165, 1.54) is 0 Å². The summed E-state index contributed by atoms with van der Waals surface area (Å²) in [7, 11) is 0. The molecule has 1 N–H and O–H groups in total. The molecule has 8 nitrogen and oxygen atoms in total. The molecule has 18 heavy (non-hydrogen) atoms. The summed E-state index contributed by atoms with van der Waals surface area (Å²) < 4.78 is 4.67. The Hall–Kier alpha value is -2.12. The molecule has 100 valence electrons. The van der Waals surface area contributed by atoms with Gasteiger partial charge in [-0.05, 0) is 12.8 Å². The van der Waals surface area contributed by atoms with Crippen molar-refractivity contribution in [2.45, 2.75) is 38.2 Å². The molecule has 1 aliphatic heterocycles. The lowest BCUT2D eigenvalue weighted by atomic mass is 10.1. The molecule has 0 aromatic heterocycles. The van der Waals surface area contributed by atoms with Crippen molar-refractivity contribution in [3.8, 4) is 0 Å². The number of carbonyl (C=O) groups excluding carboxylic acids is 3. The molecule has 1 atom stereocenters. The summed E-state index contributed by atoms with van der Waals surface area (Å²) >= 11 is 0. The average Bonchev–Trinajstić information content (AvgIpc) is 2.31. The van der Waals surface area contributed by atoms with Crippen LogP contribution in [0.1, 0.15) is 32.1 Å². The second kappa shape index (κ2) is 6.58. The monoisotopic (exact) mass is 260 g/mol. The lowest BCUT2D eigenvalue weighted by Gasteiger charge is -2.14. The van der Waals surface area contributed by atoms with Gasteiger partial charge in [-0.15, -0.1) is 0 Å². The normalized spacial score (nSPS) is 22.9. The van der Waals surface area contributed by atoms with Gasteiger partial charge < -0.3 is 9.84 Å². The number of hydrogen-bond donors (Lipinski definition) is 1. The molecule has 0 saturated carbocycles. The molecule has 0 spiro atoms. The molecule has 0 aromatic carbocycles. The maximum absolute atomic E-state index is 11.2. The quantitative estimate of drug-likeness (QED) is 0.515. The van der Waals surface area contributed by atoms with Gasteiger partial charge in [0.05, 0.1) is 19.3 Å². The first kappa shape index (κ1) is 13.9. The minimum atomic E-state index is -1.32. The summed E-state index contributed by atoms with van der Waals surface area (Å²) in [6.07, 6.45) is -2.00.